The Labute approximate surface area is 158 Å². The number of anilines is 2. The van der Waals surface area contributed by atoms with Gasteiger partial charge in [-0.25, -0.2) is 0 Å². The van der Waals surface area contributed by atoms with Gasteiger partial charge in [-0.3, -0.25) is 14.4 Å². The average molecular weight is 375 g/mol. The quantitative estimate of drug-likeness (QED) is 0.565. The number of benzene rings is 1. The average Bonchev–Trinajstić information content (AvgIpc) is 3.19. The monoisotopic (exact) mass is 375 g/mol. The number of methoxy groups -OCH3 is 1. The molecule has 2 fully saturated rings. The van der Waals surface area contributed by atoms with Gasteiger partial charge in [0.25, 0.3) is 11.8 Å². The van der Waals surface area contributed by atoms with E-state index in [2.05, 4.69) is 20.3 Å². The van der Waals surface area contributed by atoms with Crippen molar-refractivity contribution in [2.45, 2.75) is 25.3 Å². The van der Waals surface area contributed by atoms with Gasteiger partial charge in [0.05, 0.1) is 20.2 Å². The summed E-state index contributed by atoms with van der Waals surface area (Å²) in [5.74, 6) is -0.847. The second-order valence-corrected chi connectivity index (χ2v) is 7.00. The van der Waals surface area contributed by atoms with Gasteiger partial charge in [-0.2, -0.15) is 0 Å². The SMILES string of the molecule is COC(=O)C[C@@H]1C(=O)NCC[NH+]1CC(=O)Nc1ccc(N2CCCC2)cc1. The van der Waals surface area contributed by atoms with Crippen LogP contribution in [-0.2, 0) is 19.1 Å². The summed E-state index contributed by atoms with van der Waals surface area (Å²) in [5, 5.41) is 5.63. The number of piperazine rings is 1. The number of nitrogens with one attached hydrogen (secondary N) is 3. The highest BCUT2D eigenvalue weighted by molar-refractivity contribution is 5.92. The van der Waals surface area contributed by atoms with Crippen LogP contribution in [0.4, 0.5) is 11.4 Å². The lowest BCUT2D eigenvalue weighted by atomic mass is 10.1. The summed E-state index contributed by atoms with van der Waals surface area (Å²) in [6.07, 6.45) is 2.41. The number of carbonyl (C=O) groups excluding carboxylic acids is 3. The molecule has 1 aromatic carbocycles. The van der Waals surface area contributed by atoms with E-state index in [9.17, 15) is 14.4 Å². The molecule has 0 spiro atoms. The van der Waals surface area contributed by atoms with Gasteiger partial charge in [0, 0.05) is 24.5 Å². The molecule has 2 aliphatic rings. The molecule has 1 aromatic rings. The highest BCUT2D eigenvalue weighted by atomic mass is 16.5. The molecule has 0 saturated carbocycles. The Morgan fingerprint density at radius 2 is 1.96 bits per heavy atom. The van der Waals surface area contributed by atoms with Gasteiger partial charge in [-0.15, -0.1) is 0 Å². The summed E-state index contributed by atoms with van der Waals surface area (Å²) in [7, 11) is 1.29. The van der Waals surface area contributed by atoms with Crippen molar-refractivity contribution >= 4 is 29.2 Å². The standard InChI is InChI=1S/C19H26N4O4/c1-27-18(25)12-16-19(26)20-8-11-23(16)13-17(24)21-14-4-6-15(7-5-14)22-9-2-3-10-22/h4-7,16H,2-3,8-13H2,1H3,(H,20,26)(H,21,24)/p+1/t16-/m1/s1. The van der Waals surface area contributed by atoms with Gasteiger partial charge < -0.3 is 25.2 Å². The molecule has 8 nitrogen and oxygen atoms in total. The van der Waals surface area contributed by atoms with Crippen molar-refractivity contribution in [2.75, 3.05) is 50.1 Å². The van der Waals surface area contributed by atoms with Gasteiger partial charge in [-0.1, -0.05) is 0 Å². The van der Waals surface area contributed by atoms with Crippen LogP contribution in [0.3, 0.4) is 0 Å². The summed E-state index contributed by atoms with van der Waals surface area (Å²) in [6, 6.07) is 7.23. The Kier molecular flexibility index (Phi) is 6.28. The molecule has 0 radical (unpaired) electrons. The van der Waals surface area contributed by atoms with Crippen LogP contribution in [0.2, 0.25) is 0 Å². The number of hydrogen-bond donors (Lipinski definition) is 3. The normalized spacial score (nSPS) is 22.3. The minimum atomic E-state index is -0.602. The minimum absolute atomic E-state index is 0.0323. The fourth-order valence-electron chi connectivity index (χ4n) is 3.67. The van der Waals surface area contributed by atoms with Crippen LogP contribution in [0.5, 0.6) is 0 Å². The molecule has 1 unspecified atom stereocenters. The number of quaternary nitrogens is 1. The molecule has 0 aliphatic carbocycles. The second-order valence-electron chi connectivity index (χ2n) is 7.00. The van der Waals surface area contributed by atoms with Crippen LogP contribution in [-0.4, -0.2) is 63.7 Å². The van der Waals surface area contributed by atoms with Gasteiger partial charge in [0.15, 0.2) is 12.6 Å². The Balaban J connectivity index is 1.56. The summed E-state index contributed by atoms with van der Waals surface area (Å²) in [5.41, 5.74) is 1.90. The van der Waals surface area contributed by atoms with E-state index in [0.29, 0.717) is 13.1 Å². The van der Waals surface area contributed by atoms with Crippen molar-refractivity contribution in [3.05, 3.63) is 24.3 Å². The van der Waals surface area contributed by atoms with E-state index >= 15 is 0 Å². The number of amides is 2. The van der Waals surface area contributed by atoms with Crippen molar-refractivity contribution in [1.82, 2.24) is 5.32 Å². The van der Waals surface area contributed by atoms with Gasteiger partial charge in [-0.05, 0) is 37.1 Å². The van der Waals surface area contributed by atoms with E-state index in [-0.39, 0.29) is 24.8 Å². The number of hydrogen-bond acceptors (Lipinski definition) is 5. The first-order valence-electron chi connectivity index (χ1n) is 9.41. The van der Waals surface area contributed by atoms with E-state index in [1.165, 1.54) is 25.6 Å². The van der Waals surface area contributed by atoms with Crippen LogP contribution < -0.4 is 20.4 Å². The molecule has 0 bridgehead atoms. The van der Waals surface area contributed by atoms with Gasteiger partial charge in [0.1, 0.15) is 6.42 Å². The first kappa shape index (κ1) is 19.2. The Bertz CT molecular complexity index is 685. The maximum Gasteiger partial charge on any atom is 0.312 e. The summed E-state index contributed by atoms with van der Waals surface area (Å²) in [4.78, 5) is 39.2. The molecule has 27 heavy (non-hydrogen) atoms. The van der Waals surface area contributed by atoms with Gasteiger partial charge >= 0.3 is 5.97 Å². The Morgan fingerprint density at radius 1 is 1.26 bits per heavy atom. The van der Waals surface area contributed by atoms with E-state index in [4.69, 9.17) is 0 Å². The number of ether oxygens (including phenoxy) is 1. The van der Waals surface area contributed by atoms with Crippen LogP contribution in [0.1, 0.15) is 19.3 Å². The summed E-state index contributed by atoms with van der Waals surface area (Å²) < 4.78 is 4.67. The maximum absolute atomic E-state index is 12.4. The minimum Gasteiger partial charge on any atom is -0.469 e. The lowest BCUT2D eigenvalue weighted by molar-refractivity contribution is -0.909. The predicted octanol–water partition coefficient (Wildman–Crippen LogP) is -0.828. The first-order chi connectivity index (χ1) is 13.1. The summed E-state index contributed by atoms with van der Waals surface area (Å²) >= 11 is 0. The highest BCUT2D eigenvalue weighted by Gasteiger charge is 2.36. The largest absolute Gasteiger partial charge is 0.469 e. The fraction of sp³-hybridized carbons (Fsp3) is 0.526. The lowest BCUT2D eigenvalue weighted by Gasteiger charge is -2.30. The molecular weight excluding hydrogens is 348 g/mol. The molecule has 8 heteroatoms. The molecule has 2 heterocycles. The van der Waals surface area contributed by atoms with Crippen molar-refractivity contribution < 1.29 is 24.0 Å². The molecule has 0 aromatic heterocycles. The lowest BCUT2D eigenvalue weighted by Crippen LogP contribution is -3.20. The van der Waals surface area contributed by atoms with E-state index in [0.717, 1.165) is 23.7 Å². The van der Waals surface area contributed by atoms with E-state index in [1.54, 1.807) is 0 Å². The number of nitrogens with zero attached hydrogens (tertiary/aromatic N) is 1. The van der Waals surface area contributed by atoms with Crippen LogP contribution in [0.25, 0.3) is 0 Å². The molecule has 2 saturated heterocycles. The molecule has 3 rings (SSSR count). The first-order valence-corrected chi connectivity index (χ1v) is 9.41. The number of rotatable bonds is 6. The maximum atomic E-state index is 12.4. The zero-order valence-electron chi connectivity index (χ0n) is 15.6. The number of carbonyl (C=O) groups is 3. The topological polar surface area (TPSA) is 92.2 Å². The molecule has 3 N–H and O–H groups in total. The molecule has 2 atom stereocenters. The van der Waals surface area contributed by atoms with Crippen molar-refractivity contribution in [1.29, 1.82) is 0 Å². The Hall–Kier alpha value is -2.61. The molecular formula is C19H27N4O4+. The smallest absolute Gasteiger partial charge is 0.312 e. The third-order valence-corrected chi connectivity index (χ3v) is 5.16. The van der Waals surface area contributed by atoms with Crippen molar-refractivity contribution in [3.8, 4) is 0 Å². The second kappa shape index (κ2) is 8.85. The summed E-state index contributed by atoms with van der Waals surface area (Å²) in [6.45, 7) is 3.36. The third-order valence-electron chi connectivity index (χ3n) is 5.16. The Morgan fingerprint density at radius 3 is 2.63 bits per heavy atom. The zero-order chi connectivity index (χ0) is 19.2. The third kappa shape index (κ3) is 4.97. The van der Waals surface area contributed by atoms with Crippen molar-refractivity contribution in [2.24, 2.45) is 0 Å². The molecule has 146 valence electrons. The zero-order valence-corrected chi connectivity index (χ0v) is 15.6. The predicted molar refractivity (Wildman–Crippen MR) is 101 cm³/mol. The van der Waals surface area contributed by atoms with Gasteiger partial charge in [0.2, 0.25) is 0 Å². The highest BCUT2D eigenvalue weighted by Crippen LogP contribution is 2.21. The van der Waals surface area contributed by atoms with Crippen LogP contribution >= 0.6 is 0 Å². The number of esters is 1. The van der Waals surface area contributed by atoms with Crippen molar-refractivity contribution in [3.63, 3.8) is 0 Å². The molecule has 2 aliphatic heterocycles. The van der Waals surface area contributed by atoms with E-state index < -0.39 is 12.0 Å². The van der Waals surface area contributed by atoms with E-state index in [1.807, 2.05) is 24.3 Å². The van der Waals surface area contributed by atoms with Crippen LogP contribution in [0, 0.1) is 0 Å². The van der Waals surface area contributed by atoms with Crippen LogP contribution in [0.15, 0.2) is 24.3 Å². The molecule has 2 amide bonds. The fourth-order valence-corrected chi connectivity index (χ4v) is 3.67.